The number of aromatic amines is 1. The van der Waals surface area contributed by atoms with E-state index in [0.29, 0.717) is 25.5 Å². The Morgan fingerprint density at radius 2 is 2.38 bits per heavy atom. The summed E-state index contributed by atoms with van der Waals surface area (Å²) in [5, 5.41) is 11.5. The van der Waals surface area contributed by atoms with Gasteiger partial charge in [0, 0.05) is 13.1 Å². The third-order valence-electron chi connectivity index (χ3n) is 3.49. The molecule has 1 aromatic rings. The summed E-state index contributed by atoms with van der Waals surface area (Å²) in [4.78, 5) is 17.2. The van der Waals surface area contributed by atoms with E-state index in [0.717, 1.165) is 12.8 Å². The van der Waals surface area contributed by atoms with Crippen LogP contribution in [-0.2, 0) is 14.8 Å². The van der Waals surface area contributed by atoms with Crippen molar-refractivity contribution in [2.45, 2.75) is 24.8 Å². The standard InChI is InChI=1S/C12H20N4O4S/c1-9-14-6-11(15-9)21(19,20)16-4-2-3-10(8-16)5-13-7-12(17)18/h6,10,13H,2-5,7-8H2,1H3,(H,14,15)(H,17,18). The lowest BCUT2D eigenvalue weighted by Crippen LogP contribution is -2.43. The first kappa shape index (κ1) is 15.9. The molecular formula is C12H20N4O4S. The summed E-state index contributed by atoms with van der Waals surface area (Å²) in [7, 11) is -3.54. The lowest BCUT2D eigenvalue weighted by Gasteiger charge is -2.31. The van der Waals surface area contributed by atoms with E-state index >= 15 is 0 Å². The van der Waals surface area contributed by atoms with Crippen LogP contribution in [0.2, 0.25) is 0 Å². The van der Waals surface area contributed by atoms with Crippen molar-refractivity contribution in [1.29, 1.82) is 0 Å². The van der Waals surface area contributed by atoms with E-state index in [-0.39, 0.29) is 17.5 Å². The van der Waals surface area contributed by atoms with Gasteiger partial charge in [0.05, 0.1) is 12.7 Å². The topological polar surface area (TPSA) is 115 Å². The van der Waals surface area contributed by atoms with Gasteiger partial charge in [-0.3, -0.25) is 4.79 Å². The van der Waals surface area contributed by atoms with E-state index in [9.17, 15) is 13.2 Å². The zero-order valence-corrected chi connectivity index (χ0v) is 12.7. The van der Waals surface area contributed by atoms with E-state index in [1.54, 1.807) is 6.92 Å². The Bertz CT molecular complexity index is 598. The molecule has 1 fully saturated rings. The van der Waals surface area contributed by atoms with Crippen molar-refractivity contribution >= 4 is 16.0 Å². The highest BCUT2D eigenvalue weighted by Gasteiger charge is 2.31. The van der Waals surface area contributed by atoms with Crippen LogP contribution in [0.15, 0.2) is 11.2 Å². The Morgan fingerprint density at radius 3 is 3.00 bits per heavy atom. The number of carboxylic acid groups (broad SMARTS) is 1. The predicted octanol–water partition coefficient (Wildman–Crippen LogP) is -0.207. The van der Waals surface area contributed by atoms with Gasteiger partial charge in [-0.15, -0.1) is 0 Å². The van der Waals surface area contributed by atoms with E-state index in [1.807, 2.05) is 0 Å². The van der Waals surface area contributed by atoms with Crippen LogP contribution in [0.1, 0.15) is 18.7 Å². The summed E-state index contributed by atoms with van der Waals surface area (Å²) in [5.74, 6) is -0.231. The molecule has 0 spiro atoms. The number of H-pyrrole nitrogens is 1. The zero-order chi connectivity index (χ0) is 15.5. The predicted molar refractivity (Wildman–Crippen MR) is 75.3 cm³/mol. The minimum atomic E-state index is -3.54. The molecule has 1 aliphatic heterocycles. The number of hydrogen-bond acceptors (Lipinski definition) is 5. The van der Waals surface area contributed by atoms with Crippen LogP contribution in [0.3, 0.4) is 0 Å². The number of aryl methyl sites for hydroxylation is 1. The summed E-state index contributed by atoms with van der Waals surface area (Å²) in [5.41, 5.74) is 0. The maximum atomic E-state index is 12.5. The summed E-state index contributed by atoms with van der Waals surface area (Å²) in [6.45, 7) is 2.97. The Balaban J connectivity index is 1.98. The third-order valence-corrected chi connectivity index (χ3v) is 5.26. The van der Waals surface area contributed by atoms with Crippen molar-refractivity contribution in [3.8, 4) is 0 Å². The summed E-state index contributed by atoms with van der Waals surface area (Å²) in [6, 6.07) is 0. The molecule has 1 aliphatic rings. The molecule has 0 aliphatic carbocycles. The molecule has 1 atom stereocenters. The van der Waals surface area contributed by atoms with Crippen LogP contribution in [0.25, 0.3) is 0 Å². The largest absolute Gasteiger partial charge is 0.480 e. The van der Waals surface area contributed by atoms with Crippen molar-refractivity contribution in [3.05, 3.63) is 12.0 Å². The van der Waals surface area contributed by atoms with Gasteiger partial charge in [-0.1, -0.05) is 0 Å². The number of nitrogens with one attached hydrogen (secondary N) is 2. The van der Waals surface area contributed by atoms with E-state index in [4.69, 9.17) is 5.11 Å². The molecule has 0 saturated carbocycles. The van der Waals surface area contributed by atoms with E-state index in [2.05, 4.69) is 15.3 Å². The van der Waals surface area contributed by atoms with Gasteiger partial charge in [0.25, 0.3) is 10.0 Å². The molecule has 1 aromatic heterocycles. The molecule has 3 N–H and O–H groups in total. The molecule has 1 saturated heterocycles. The maximum Gasteiger partial charge on any atom is 0.317 e. The first-order valence-corrected chi connectivity index (χ1v) is 8.28. The highest BCUT2D eigenvalue weighted by atomic mass is 32.2. The normalized spacial score (nSPS) is 20.5. The van der Waals surface area contributed by atoms with Gasteiger partial charge in [0.15, 0.2) is 5.03 Å². The van der Waals surface area contributed by atoms with Gasteiger partial charge < -0.3 is 15.4 Å². The lowest BCUT2D eigenvalue weighted by atomic mass is 10.00. The first-order valence-electron chi connectivity index (χ1n) is 6.84. The number of aromatic nitrogens is 2. The van der Waals surface area contributed by atoms with Crippen LogP contribution in [0.4, 0.5) is 0 Å². The molecule has 1 unspecified atom stereocenters. The van der Waals surface area contributed by atoms with Crippen LogP contribution in [0.5, 0.6) is 0 Å². The second-order valence-corrected chi connectivity index (χ2v) is 7.14. The first-order chi connectivity index (χ1) is 9.89. The third kappa shape index (κ3) is 4.02. The maximum absolute atomic E-state index is 12.5. The molecule has 21 heavy (non-hydrogen) atoms. The summed E-state index contributed by atoms with van der Waals surface area (Å²) < 4.78 is 26.4. The fraction of sp³-hybridized carbons (Fsp3) is 0.667. The fourth-order valence-electron chi connectivity index (χ4n) is 2.46. The second kappa shape index (κ2) is 6.54. The van der Waals surface area contributed by atoms with Gasteiger partial charge in [0.2, 0.25) is 0 Å². The Morgan fingerprint density at radius 1 is 1.62 bits per heavy atom. The molecule has 0 radical (unpaired) electrons. The molecular weight excluding hydrogens is 296 g/mol. The Labute approximate surface area is 123 Å². The lowest BCUT2D eigenvalue weighted by molar-refractivity contribution is -0.136. The monoisotopic (exact) mass is 316 g/mol. The summed E-state index contributed by atoms with van der Waals surface area (Å²) in [6.07, 6.45) is 2.99. The molecule has 9 heteroatoms. The van der Waals surface area contributed by atoms with Crippen LogP contribution in [0, 0.1) is 12.8 Å². The van der Waals surface area contributed by atoms with Crippen molar-refractivity contribution < 1.29 is 18.3 Å². The number of carboxylic acids is 1. The van der Waals surface area contributed by atoms with Crippen molar-refractivity contribution in [1.82, 2.24) is 19.6 Å². The quantitative estimate of drug-likeness (QED) is 0.669. The Kier molecular flexibility index (Phi) is 4.96. The highest BCUT2D eigenvalue weighted by molar-refractivity contribution is 7.89. The molecule has 8 nitrogen and oxygen atoms in total. The molecule has 2 heterocycles. The van der Waals surface area contributed by atoms with Crippen molar-refractivity contribution in [2.75, 3.05) is 26.2 Å². The number of nitrogens with zero attached hydrogens (tertiary/aromatic N) is 2. The molecule has 0 amide bonds. The summed E-state index contributed by atoms with van der Waals surface area (Å²) >= 11 is 0. The number of imidazole rings is 1. The van der Waals surface area contributed by atoms with E-state index in [1.165, 1.54) is 10.5 Å². The van der Waals surface area contributed by atoms with Crippen LogP contribution in [-0.4, -0.2) is 59.9 Å². The average molecular weight is 316 g/mol. The number of rotatable bonds is 6. The molecule has 0 bridgehead atoms. The SMILES string of the molecule is Cc1ncc(S(=O)(=O)N2CCCC(CNCC(=O)O)C2)[nH]1. The average Bonchev–Trinajstić information content (AvgIpc) is 2.86. The number of carbonyl (C=O) groups is 1. The van der Waals surface area contributed by atoms with Crippen LogP contribution < -0.4 is 5.32 Å². The Hall–Kier alpha value is -1.45. The number of piperidine rings is 1. The van der Waals surface area contributed by atoms with Gasteiger partial charge in [0.1, 0.15) is 5.82 Å². The molecule has 0 aromatic carbocycles. The smallest absolute Gasteiger partial charge is 0.317 e. The van der Waals surface area contributed by atoms with Crippen molar-refractivity contribution in [2.24, 2.45) is 5.92 Å². The van der Waals surface area contributed by atoms with Gasteiger partial charge in [-0.2, -0.15) is 4.31 Å². The minimum Gasteiger partial charge on any atom is -0.480 e. The van der Waals surface area contributed by atoms with Gasteiger partial charge in [-0.25, -0.2) is 13.4 Å². The zero-order valence-electron chi connectivity index (χ0n) is 11.9. The highest BCUT2D eigenvalue weighted by Crippen LogP contribution is 2.22. The van der Waals surface area contributed by atoms with Crippen molar-refractivity contribution in [3.63, 3.8) is 0 Å². The number of hydrogen-bond donors (Lipinski definition) is 3. The molecule has 118 valence electrons. The fourth-order valence-corrected chi connectivity index (χ4v) is 3.98. The number of aliphatic carboxylic acids is 1. The minimum absolute atomic E-state index is 0.108. The van der Waals surface area contributed by atoms with Gasteiger partial charge >= 0.3 is 5.97 Å². The van der Waals surface area contributed by atoms with Gasteiger partial charge in [-0.05, 0) is 32.2 Å². The van der Waals surface area contributed by atoms with Crippen LogP contribution >= 0.6 is 0 Å². The second-order valence-electron chi connectivity index (χ2n) is 5.23. The van der Waals surface area contributed by atoms with E-state index < -0.39 is 16.0 Å². The number of sulfonamides is 1. The molecule has 2 rings (SSSR count).